The summed E-state index contributed by atoms with van der Waals surface area (Å²) in [6.07, 6.45) is 2.90. The van der Waals surface area contributed by atoms with Gasteiger partial charge in [0.25, 0.3) is 0 Å². The molecule has 2 atom stereocenters. The molecule has 2 nitrogen and oxygen atoms in total. The summed E-state index contributed by atoms with van der Waals surface area (Å²) in [4.78, 5) is 4.32. The Morgan fingerprint density at radius 2 is 2.23 bits per heavy atom. The highest BCUT2D eigenvalue weighted by molar-refractivity contribution is 5.21. The summed E-state index contributed by atoms with van der Waals surface area (Å²) in [6, 6.07) is 4.08. The largest absolute Gasteiger partial charge is 0.322 e. The van der Waals surface area contributed by atoms with E-state index in [-0.39, 0.29) is 6.04 Å². The van der Waals surface area contributed by atoms with Crippen LogP contribution in [0.1, 0.15) is 37.6 Å². The fourth-order valence-electron chi connectivity index (χ4n) is 1.37. The first-order chi connectivity index (χ1) is 6.16. The third kappa shape index (κ3) is 2.28. The molecule has 0 spiro atoms. The zero-order valence-corrected chi connectivity index (χ0v) is 8.62. The number of pyridine rings is 1. The van der Waals surface area contributed by atoms with E-state index in [9.17, 15) is 0 Å². The third-order valence-electron chi connectivity index (χ3n) is 2.62. The van der Waals surface area contributed by atoms with E-state index in [1.54, 1.807) is 0 Å². The van der Waals surface area contributed by atoms with Crippen LogP contribution in [0.15, 0.2) is 18.3 Å². The molecule has 0 aromatic carbocycles. The van der Waals surface area contributed by atoms with Crippen LogP contribution < -0.4 is 5.73 Å². The Balaban J connectivity index is 2.88. The van der Waals surface area contributed by atoms with Crippen molar-refractivity contribution in [3.63, 3.8) is 0 Å². The van der Waals surface area contributed by atoms with Crippen molar-refractivity contribution in [1.82, 2.24) is 4.98 Å². The van der Waals surface area contributed by atoms with Crippen LogP contribution in [0.4, 0.5) is 0 Å². The molecule has 1 aromatic rings. The number of hydrogen-bond acceptors (Lipinski definition) is 2. The van der Waals surface area contributed by atoms with E-state index in [2.05, 4.69) is 31.8 Å². The Kier molecular flexibility index (Phi) is 3.43. The summed E-state index contributed by atoms with van der Waals surface area (Å²) < 4.78 is 0. The molecule has 0 aliphatic heterocycles. The van der Waals surface area contributed by atoms with Crippen LogP contribution in [-0.4, -0.2) is 4.98 Å². The van der Waals surface area contributed by atoms with Crippen LogP contribution in [0.2, 0.25) is 0 Å². The molecule has 1 aromatic heterocycles. The molecular weight excluding hydrogens is 160 g/mol. The summed E-state index contributed by atoms with van der Waals surface area (Å²) in [7, 11) is 0. The molecule has 0 saturated heterocycles. The zero-order chi connectivity index (χ0) is 9.84. The molecule has 1 rings (SSSR count). The number of hydrogen-bond donors (Lipinski definition) is 1. The predicted octanol–water partition coefficient (Wildman–Crippen LogP) is 2.44. The fourth-order valence-corrected chi connectivity index (χ4v) is 1.37. The van der Waals surface area contributed by atoms with Crippen molar-refractivity contribution in [3.05, 3.63) is 29.6 Å². The lowest BCUT2D eigenvalue weighted by Gasteiger charge is -2.19. The zero-order valence-electron chi connectivity index (χ0n) is 8.62. The van der Waals surface area contributed by atoms with E-state index in [1.165, 1.54) is 5.56 Å². The molecule has 0 aliphatic rings. The van der Waals surface area contributed by atoms with Gasteiger partial charge in [-0.05, 0) is 24.5 Å². The highest BCUT2D eigenvalue weighted by Gasteiger charge is 2.15. The van der Waals surface area contributed by atoms with E-state index in [1.807, 2.05) is 12.3 Å². The van der Waals surface area contributed by atoms with Gasteiger partial charge < -0.3 is 5.73 Å². The first kappa shape index (κ1) is 10.2. The van der Waals surface area contributed by atoms with Crippen molar-refractivity contribution in [2.45, 2.75) is 33.2 Å². The topological polar surface area (TPSA) is 38.9 Å². The van der Waals surface area contributed by atoms with Crippen LogP contribution >= 0.6 is 0 Å². The summed E-state index contributed by atoms with van der Waals surface area (Å²) >= 11 is 0. The molecular formula is C11H18N2. The van der Waals surface area contributed by atoms with E-state index < -0.39 is 0 Å². The minimum absolute atomic E-state index is 0.0752. The average Bonchev–Trinajstić information content (AvgIpc) is 2.16. The van der Waals surface area contributed by atoms with Crippen LogP contribution in [0.5, 0.6) is 0 Å². The molecule has 0 fully saturated rings. The highest BCUT2D eigenvalue weighted by Crippen LogP contribution is 2.21. The first-order valence-corrected chi connectivity index (χ1v) is 4.84. The first-order valence-electron chi connectivity index (χ1n) is 4.84. The van der Waals surface area contributed by atoms with E-state index in [0.29, 0.717) is 5.92 Å². The maximum Gasteiger partial charge on any atom is 0.0602 e. The molecule has 0 radical (unpaired) electrons. The molecule has 2 unspecified atom stereocenters. The van der Waals surface area contributed by atoms with Gasteiger partial charge in [-0.1, -0.05) is 26.3 Å². The van der Waals surface area contributed by atoms with Gasteiger partial charge in [-0.15, -0.1) is 0 Å². The van der Waals surface area contributed by atoms with Gasteiger partial charge in [0.2, 0.25) is 0 Å². The van der Waals surface area contributed by atoms with E-state index in [0.717, 1.165) is 12.1 Å². The molecule has 0 bridgehead atoms. The quantitative estimate of drug-likeness (QED) is 0.772. The lowest BCUT2D eigenvalue weighted by molar-refractivity contribution is 0.447. The van der Waals surface area contributed by atoms with Crippen molar-refractivity contribution in [2.75, 3.05) is 0 Å². The Morgan fingerprint density at radius 3 is 2.77 bits per heavy atom. The van der Waals surface area contributed by atoms with Crippen molar-refractivity contribution in [3.8, 4) is 0 Å². The number of aryl methyl sites for hydroxylation is 1. The molecule has 0 amide bonds. The van der Waals surface area contributed by atoms with Gasteiger partial charge in [0, 0.05) is 12.2 Å². The molecule has 0 saturated carbocycles. The lowest BCUT2D eigenvalue weighted by atomic mass is 9.95. The summed E-state index contributed by atoms with van der Waals surface area (Å²) in [5, 5.41) is 0. The van der Waals surface area contributed by atoms with E-state index >= 15 is 0 Å². The lowest BCUT2D eigenvalue weighted by Crippen LogP contribution is -2.20. The Labute approximate surface area is 80.2 Å². The summed E-state index contributed by atoms with van der Waals surface area (Å²) in [6.45, 7) is 6.38. The average molecular weight is 178 g/mol. The van der Waals surface area contributed by atoms with Crippen molar-refractivity contribution < 1.29 is 0 Å². The second kappa shape index (κ2) is 4.38. The van der Waals surface area contributed by atoms with Crippen LogP contribution in [-0.2, 0) is 0 Å². The summed E-state index contributed by atoms with van der Waals surface area (Å²) in [5.74, 6) is 0.494. The molecule has 1 heterocycles. The second-order valence-corrected chi connectivity index (χ2v) is 3.62. The monoisotopic (exact) mass is 178 g/mol. The fraction of sp³-hybridized carbons (Fsp3) is 0.545. The predicted molar refractivity (Wildman–Crippen MR) is 55.4 cm³/mol. The Morgan fingerprint density at radius 1 is 1.54 bits per heavy atom. The van der Waals surface area contributed by atoms with Gasteiger partial charge in [-0.3, -0.25) is 4.98 Å². The number of nitrogens with zero attached hydrogens (tertiary/aromatic N) is 1. The highest BCUT2D eigenvalue weighted by atomic mass is 14.8. The van der Waals surface area contributed by atoms with Gasteiger partial charge in [-0.25, -0.2) is 0 Å². The van der Waals surface area contributed by atoms with Crippen LogP contribution in [0.25, 0.3) is 0 Å². The number of aromatic nitrogens is 1. The van der Waals surface area contributed by atoms with Gasteiger partial charge in [0.1, 0.15) is 0 Å². The van der Waals surface area contributed by atoms with Gasteiger partial charge in [0.15, 0.2) is 0 Å². The SMILES string of the molecule is CCC(C)C(N)c1ncccc1C. The normalized spacial score (nSPS) is 15.4. The minimum atomic E-state index is 0.0752. The number of rotatable bonds is 3. The van der Waals surface area contributed by atoms with Crippen molar-refractivity contribution in [2.24, 2.45) is 11.7 Å². The smallest absolute Gasteiger partial charge is 0.0602 e. The van der Waals surface area contributed by atoms with Crippen molar-refractivity contribution in [1.29, 1.82) is 0 Å². The standard InChI is InChI=1S/C11H18N2/c1-4-8(2)10(12)11-9(3)6-5-7-13-11/h5-8,10H,4,12H2,1-3H3. The minimum Gasteiger partial charge on any atom is -0.322 e. The van der Waals surface area contributed by atoms with Gasteiger partial charge in [-0.2, -0.15) is 0 Å². The third-order valence-corrected chi connectivity index (χ3v) is 2.62. The maximum absolute atomic E-state index is 6.09. The molecule has 72 valence electrons. The second-order valence-electron chi connectivity index (χ2n) is 3.62. The summed E-state index contributed by atoms with van der Waals surface area (Å²) in [5.41, 5.74) is 8.32. The molecule has 0 aliphatic carbocycles. The molecule has 2 heteroatoms. The van der Waals surface area contributed by atoms with E-state index in [4.69, 9.17) is 5.73 Å². The maximum atomic E-state index is 6.09. The Hall–Kier alpha value is -0.890. The van der Waals surface area contributed by atoms with Crippen LogP contribution in [0, 0.1) is 12.8 Å². The van der Waals surface area contributed by atoms with Crippen LogP contribution in [0.3, 0.4) is 0 Å². The number of nitrogens with two attached hydrogens (primary N) is 1. The van der Waals surface area contributed by atoms with Crippen molar-refractivity contribution >= 4 is 0 Å². The van der Waals surface area contributed by atoms with Gasteiger partial charge in [0.05, 0.1) is 5.69 Å². The molecule has 2 N–H and O–H groups in total. The molecule has 13 heavy (non-hydrogen) atoms. The van der Waals surface area contributed by atoms with Gasteiger partial charge >= 0.3 is 0 Å². The Bertz CT molecular complexity index is 271.